The zero-order chi connectivity index (χ0) is 26.6. The van der Waals surface area contributed by atoms with Crippen molar-refractivity contribution in [3.05, 3.63) is 64.2 Å². The second-order valence-corrected chi connectivity index (χ2v) is 12.1. The summed E-state index contributed by atoms with van der Waals surface area (Å²) < 4.78 is 26.4. The number of nitrogens with zero attached hydrogens (tertiary/aromatic N) is 2. The molecule has 1 N–H and O–H groups in total. The van der Waals surface area contributed by atoms with Crippen molar-refractivity contribution < 1.29 is 18.0 Å². The molecule has 0 spiro atoms. The summed E-state index contributed by atoms with van der Waals surface area (Å²) in [5, 5.41) is 3.35. The van der Waals surface area contributed by atoms with Crippen LogP contribution in [0.2, 0.25) is 5.02 Å². The number of aryl methyl sites for hydroxylation is 2. The van der Waals surface area contributed by atoms with Crippen LogP contribution in [0.25, 0.3) is 0 Å². The SMILES string of the molecule is CC[C@H](C(=O)NC(C)(C)C)N(Cc1ccccc1C)C(=O)CN(c1ccc(C)c(Cl)c1)S(C)(=O)=O. The van der Waals surface area contributed by atoms with Crippen molar-refractivity contribution >= 4 is 39.1 Å². The largest absolute Gasteiger partial charge is 0.350 e. The minimum atomic E-state index is -3.81. The first-order chi connectivity index (χ1) is 16.1. The molecule has 0 saturated carbocycles. The Morgan fingerprint density at radius 2 is 1.69 bits per heavy atom. The van der Waals surface area contributed by atoms with Crippen LogP contribution in [0.1, 0.15) is 50.8 Å². The van der Waals surface area contributed by atoms with Gasteiger partial charge in [0.05, 0.1) is 11.9 Å². The van der Waals surface area contributed by atoms with E-state index in [1.807, 2.05) is 65.8 Å². The molecule has 0 fully saturated rings. The highest BCUT2D eigenvalue weighted by Gasteiger charge is 2.33. The highest BCUT2D eigenvalue weighted by molar-refractivity contribution is 7.92. The molecule has 0 unspecified atom stereocenters. The quantitative estimate of drug-likeness (QED) is 0.528. The second-order valence-electron chi connectivity index (χ2n) is 9.81. The van der Waals surface area contributed by atoms with Crippen molar-refractivity contribution in [1.29, 1.82) is 0 Å². The Bertz CT molecular complexity index is 1180. The van der Waals surface area contributed by atoms with Crippen molar-refractivity contribution in [2.75, 3.05) is 17.1 Å². The molecule has 0 saturated heterocycles. The first-order valence-electron chi connectivity index (χ1n) is 11.5. The second kappa shape index (κ2) is 11.4. The molecule has 192 valence electrons. The highest BCUT2D eigenvalue weighted by atomic mass is 35.5. The maximum atomic E-state index is 13.7. The lowest BCUT2D eigenvalue weighted by Gasteiger charge is -2.34. The summed E-state index contributed by atoms with van der Waals surface area (Å²) in [5.41, 5.74) is 2.45. The number of halogens is 1. The van der Waals surface area contributed by atoms with Gasteiger partial charge in [-0.3, -0.25) is 13.9 Å². The third kappa shape index (κ3) is 7.97. The number of carbonyl (C=O) groups excluding carboxylic acids is 2. The van der Waals surface area contributed by atoms with Crippen molar-refractivity contribution in [2.24, 2.45) is 0 Å². The van der Waals surface area contributed by atoms with E-state index in [-0.39, 0.29) is 12.5 Å². The van der Waals surface area contributed by atoms with Crippen LogP contribution in [0.15, 0.2) is 42.5 Å². The summed E-state index contributed by atoms with van der Waals surface area (Å²) in [5.74, 6) is -0.766. The van der Waals surface area contributed by atoms with Gasteiger partial charge in [0, 0.05) is 17.1 Å². The molecule has 2 rings (SSSR count). The van der Waals surface area contributed by atoms with E-state index >= 15 is 0 Å². The van der Waals surface area contributed by atoms with Crippen LogP contribution in [0, 0.1) is 13.8 Å². The van der Waals surface area contributed by atoms with Gasteiger partial charge in [0.2, 0.25) is 21.8 Å². The fourth-order valence-corrected chi connectivity index (χ4v) is 4.71. The van der Waals surface area contributed by atoms with Gasteiger partial charge in [0.25, 0.3) is 0 Å². The van der Waals surface area contributed by atoms with Gasteiger partial charge in [0.15, 0.2) is 0 Å². The average molecular weight is 522 g/mol. The summed E-state index contributed by atoms with van der Waals surface area (Å²) >= 11 is 6.24. The molecule has 35 heavy (non-hydrogen) atoms. The Balaban J connectivity index is 2.49. The van der Waals surface area contributed by atoms with Crippen LogP contribution in [0.3, 0.4) is 0 Å². The number of hydrogen-bond donors (Lipinski definition) is 1. The lowest BCUT2D eigenvalue weighted by Crippen LogP contribution is -2.55. The number of amides is 2. The number of anilines is 1. The summed E-state index contributed by atoms with van der Waals surface area (Å²) in [6.07, 6.45) is 1.41. The predicted molar refractivity (Wildman–Crippen MR) is 142 cm³/mol. The molecule has 7 nitrogen and oxygen atoms in total. The average Bonchev–Trinajstić information content (AvgIpc) is 2.73. The van der Waals surface area contributed by atoms with Crippen molar-refractivity contribution in [2.45, 2.75) is 66.1 Å². The number of carbonyl (C=O) groups is 2. The third-order valence-corrected chi connectivity index (χ3v) is 7.16. The van der Waals surface area contributed by atoms with Crippen LogP contribution < -0.4 is 9.62 Å². The predicted octanol–water partition coefficient (Wildman–Crippen LogP) is 4.44. The normalized spacial score (nSPS) is 12.7. The van der Waals surface area contributed by atoms with Crippen LogP contribution in [0.5, 0.6) is 0 Å². The summed E-state index contributed by atoms with van der Waals surface area (Å²) in [6.45, 7) is 10.9. The van der Waals surface area contributed by atoms with Crippen molar-refractivity contribution in [1.82, 2.24) is 10.2 Å². The number of rotatable bonds is 9. The molecule has 1 atom stereocenters. The molecule has 0 aromatic heterocycles. The van der Waals surface area contributed by atoms with Gasteiger partial charge in [-0.1, -0.05) is 48.9 Å². The first kappa shape index (κ1) is 28.7. The number of nitrogens with one attached hydrogen (secondary N) is 1. The summed E-state index contributed by atoms with van der Waals surface area (Å²) in [6, 6.07) is 11.7. The molecule has 9 heteroatoms. The Morgan fingerprint density at radius 1 is 1.06 bits per heavy atom. The van der Waals surface area contributed by atoms with Crippen LogP contribution in [-0.4, -0.2) is 49.5 Å². The van der Waals surface area contributed by atoms with E-state index in [0.717, 1.165) is 27.3 Å². The Hall–Kier alpha value is -2.58. The smallest absolute Gasteiger partial charge is 0.244 e. The van der Waals surface area contributed by atoms with E-state index in [2.05, 4.69) is 5.32 Å². The minimum absolute atomic E-state index is 0.174. The van der Waals surface area contributed by atoms with Gasteiger partial charge >= 0.3 is 0 Å². The monoisotopic (exact) mass is 521 g/mol. The Labute approximate surface area is 214 Å². The maximum Gasteiger partial charge on any atom is 0.244 e. The van der Waals surface area contributed by atoms with Crippen molar-refractivity contribution in [3.8, 4) is 0 Å². The molecule has 2 aromatic rings. The zero-order valence-corrected chi connectivity index (χ0v) is 23.1. The van der Waals surface area contributed by atoms with Crippen LogP contribution >= 0.6 is 11.6 Å². The fraction of sp³-hybridized carbons (Fsp3) is 0.462. The zero-order valence-electron chi connectivity index (χ0n) is 21.6. The van der Waals surface area contributed by atoms with Gasteiger partial charge in [-0.15, -0.1) is 0 Å². The molecule has 0 aliphatic heterocycles. The van der Waals surface area contributed by atoms with Gasteiger partial charge < -0.3 is 10.2 Å². The minimum Gasteiger partial charge on any atom is -0.350 e. The molecule has 0 aliphatic carbocycles. The number of hydrogen-bond acceptors (Lipinski definition) is 4. The first-order valence-corrected chi connectivity index (χ1v) is 13.8. The lowest BCUT2D eigenvalue weighted by atomic mass is 10.0. The molecule has 0 heterocycles. The Kier molecular flexibility index (Phi) is 9.36. The molecule has 0 bridgehead atoms. The molecule has 0 aliphatic rings. The number of sulfonamides is 1. The van der Waals surface area contributed by atoms with E-state index in [9.17, 15) is 18.0 Å². The topological polar surface area (TPSA) is 86.8 Å². The highest BCUT2D eigenvalue weighted by Crippen LogP contribution is 2.26. The summed E-state index contributed by atoms with van der Waals surface area (Å²) in [4.78, 5) is 28.4. The van der Waals surface area contributed by atoms with E-state index in [1.165, 1.54) is 11.0 Å². The van der Waals surface area contributed by atoms with Gasteiger partial charge in [0.1, 0.15) is 12.6 Å². The van der Waals surface area contributed by atoms with Gasteiger partial charge in [-0.25, -0.2) is 8.42 Å². The van der Waals surface area contributed by atoms with E-state index in [1.54, 1.807) is 12.1 Å². The Morgan fingerprint density at radius 3 is 2.20 bits per heavy atom. The third-order valence-electron chi connectivity index (χ3n) is 5.61. The van der Waals surface area contributed by atoms with Crippen LogP contribution in [-0.2, 0) is 26.2 Å². The standard InChI is InChI=1S/C26H36ClN3O4S/c1-8-23(25(32)28-26(4,5)6)29(16-20-12-10-9-11-18(20)2)24(31)17-30(35(7,33)34)21-14-13-19(3)22(27)15-21/h9-15,23H,8,16-17H2,1-7H3,(H,28,32)/t23-/m1/s1. The van der Waals surface area contributed by atoms with Gasteiger partial charge in [-0.05, 0) is 69.9 Å². The number of benzene rings is 2. The van der Waals surface area contributed by atoms with E-state index in [0.29, 0.717) is 17.1 Å². The molecule has 2 aromatic carbocycles. The van der Waals surface area contributed by atoms with Crippen molar-refractivity contribution in [3.63, 3.8) is 0 Å². The molecule has 0 radical (unpaired) electrons. The fourth-order valence-electron chi connectivity index (χ4n) is 3.69. The summed E-state index contributed by atoms with van der Waals surface area (Å²) in [7, 11) is -3.81. The van der Waals surface area contributed by atoms with E-state index < -0.39 is 34.1 Å². The van der Waals surface area contributed by atoms with E-state index in [4.69, 9.17) is 11.6 Å². The molecule has 2 amide bonds. The lowest BCUT2D eigenvalue weighted by molar-refractivity contribution is -0.141. The van der Waals surface area contributed by atoms with Gasteiger partial charge in [-0.2, -0.15) is 0 Å². The van der Waals surface area contributed by atoms with Crippen LogP contribution in [0.4, 0.5) is 5.69 Å². The molecular formula is C26H36ClN3O4S. The maximum absolute atomic E-state index is 13.7. The molecular weight excluding hydrogens is 486 g/mol.